The minimum absolute atomic E-state index is 0.0223. The van der Waals surface area contributed by atoms with Gasteiger partial charge in [0, 0.05) is 21.5 Å². The molecule has 1 aromatic carbocycles. The summed E-state index contributed by atoms with van der Waals surface area (Å²) in [5, 5.41) is 2.00. The number of aryl methyl sites for hydroxylation is 1. The molecule has 2 saturated carbocycles. The van der Waals surface area contributed by atoms with E-state index in [0.29, 0.717) is 11.7 Å². The van der Waals surface area contributed by atoms with Crippen molar-refractivity contribution < 1.29 is 9.47 Å². The van der Waals surface area contributed by atoms with Crippen molar-refractivity contribution in [3.05, 3.63) is 64.7 Å². The van der Waals surface area contributed by atoms with E-state index >= 15 is 0 Å². The lowest BCUT2D eigenvalue weighted by Crippen LogP contribution is -2.31. The number of aromatic nitrogens is 4. The Morgan fingerprint density at radius 2 is 2.03 bits per heavy atom. The summed E-state index contributed by atoms with van der Waals surface area (Å²) in [5.41, 5.74) is 11.3. The van der Waals surface area contributed by atoms with Crippen LogP contribution in [-0.2, 0) is 9.47 Å². The van der Waals surface area contributed by atoms with Crippen molar-refractivity contribution in [2.24, 2.45) is 11.3 Å². The summed E-state index contributed by atoms with van der Waals surface area (Å²) >= 11 is 3.59. The Morgan fingerprint density at radius 3 is 2.86 bits per heavy atom. The second-order valence-electron chi connectivity index (χ2n) is 10.9. The zero-order chi connectivity index (χ0) is 25.0. The number of hydrogen-bond donors (Lipinski definition) is 1. The van der Waals surface area contributed by atoms with Crippen molar-refractivity contribution >= 4 is 49.3 Å². The SMILES string of the molecule is C/C(=C\[C@]12C[C@@H]1[C@@H](n1ccc3c(N)ncnc31)[C@@H]1OC(C)(C)O[C@@H]12)c1ccc2cc(Br)c(C)nc2c1. The van der Waals surface area contributed by atoms with Gasteiger partial charge in [-0.15, -0.1) is 0 Å². The van der Waals surface area contributed by atoms with E-state index < -0.39 is 5.79 Å². The molecule has 3 aliphatic rings. The summed E-state index contributed by atoms with van der Waals surface area (Å²) in [4.78, 5) is 13.5. The van der Waals surface area contributed by atoms with E-state index in [1.807, 2.05) is 26.8 Å². The fourth-order valence-corrected chi connectivity index (χ4v) is 6.91. The van der Waals surface area contributed by atoms with Crippen LogP contribution in [0.25, 0.3) is 27.5 Å². The highest BCUT2D eigenvalue weighted by atomic mass is 79.9. The molecule has 1 aliphatic heterocycles. The van der Waals surface area contributed by atoms with Gasteiger partial charge >= 0.3 is 0 Å². The van der Waals surface area contributed by atoms with E-state index in [9.17, 15) is 0 Å². The maximum absolute atomic E-state index is 6.57. The third kappa shape index (κ3) is 3.14. The average Bonchev–Trinajstić information content (AvgIpc) is 3.08. The number of nitrogens with two attached hydrogens (primary N) is 1. The van der Waals surface area contributed by atoms with Gasteiger partial charge in [0.05, 0.1) is 28.7 Å². The lowest BCUT2D eigenvalue weighted by molar-refractivity contribution is -0.159. The van der Waals surface area contributed by atoms with Gasteiger partial charge in [-0.25, -0.2) is 9.97 Å². The second-order valence-corrected chi connectivity index (χ2v) is 11.8. The highest BCUT2D eigenvalue weighted by Crippen LogP contribution is 2.72. The molecule has 2 aliphatic carbocycles. The van der Waals surface area contributed by atoms with Crippen molar-refractivity contribution in [3.63, 3.8) is 0 Å². The third-order valence-corrected chi connectivity index (χ3v) is 9.06. The smallest absolute Gasteiger partial charge is 0.163 e. The first kappa shape index (κ1) is 22.4. The molecule has 3 fully saturated rings. The molecule has 5 atom stereocenters. The quantitative estimate of drug-likeness (QED) is 0.349. The molecular formula is C28H28BrN5O2. The molecule has 36 heavy (non-hydrogen) atoms. The van der Waals surface area contributed by atoms with Crippen LogP contribution in [0.15, 0.2) is 53.4 Å². The normalized spacial score (nSPS) is 30.6. The molecule has 0 bridgehead atoms. The van der Waals surface area contributed by atoms with Crippen molar-refractivity contribution in [2.45, 2.75) is 58.2 Å². The monoisotopic (exact) mass is 545 g/mol. The first-order valence-corrected chi connectivity index (χ1v) is 13.2. The maximum Gasteiger partial charge on any atom is 0.163 e. The highest BCUT2D eigenvalue weighted by Gasteiger charge is 2.75. The van der Waals surface area contributed by atoms with Crippen molar-refractivity contribution in [1.29, 1.82) is 0 Å². The number of pyridine rings is 1. The number of anilines is 1. The number of allylic oxidation sites excluding steroid dienone is 1. The third-order valence-electron chi connectivity index (χ3n) is 8.26. The summed E-state index contributed by atoms with van der Waals surface area (Å²) < 4.78 is 16.4. The van der Waals surface area contributed by atoms with Crippen LogP contribution in [0.3, 0.4) is 0 Å². The van der Waals surface area contributed by atoms with Gasteiger partial charge in [-0.3, -0.25) is 4.98 Å². The summed E-state index contributed by atoms with van der Waals surface area (Å²) in [6, 6.07) is 10.8. The van der Waals surface area contributed by atoms with Crippen LogP contribution in [-0.4, -0.2) is 37.5 Å². The summed E-state index contributed by atoms with van der Waals surface area (Å²) in [6.07, 6.45) is 7.01. The van der Waals surface area contributed by atoms with Crippen molar-refractivity contribution in [2.75, 3.05) is 5.73 Å². The Bertz CT molecular complexity index is 1590. The number of ether oxygens (including phenoxy) is 2. The predicted octanol–water partition coefficient (Wildman–Crippen LogP) is 5.82. The standard InChI is InChI=1S/C28H28BrN5O2/c1-14(16-5-6-17-9-20(29)15(2)33-21(17)10-16)11-28-12-19(28)22(23-24(28)36-27(3,4)35-23)34-8-7-18-25(30)31-13-32-26(18)34/h5-11,13,19,22-24H,12H2,1-4H3,(H2,30,31,32)/b14-11+/t19-,22-,23+,24+,28+/m1/s1. The number of nitrogens with zero attached hydrogens (tertiary/aromatic N) is 4. The van der Waals surface area contributed by atoms with Crippen LogP contribution in [0.1, 0.15) is 44.5 Å². The molecule has 4 heterocycles. The van der Waals surface area contributed by atoms with Gasteiger partial charge in [0.2, 0.25) is 0 Å². The number of halogens is 1. The van der Waals surface area contributed by atoms with E-state index in [-0.39, 0.29) is 23.7 Å². The van der Waals surface area contributed by atoms with Crippen LogP contribution in [0.5, 0.6) is 0 Å². The van der Waals surface area contributed by atoms with Crippen LogP contribution in [0.4, 0.5) is 5.82 Å². The number of benzene rings is 1. The van der Waals surface area contributed by atoms with Crippen molar-refractivity contribution in [3.8, 4) is 0 Å². The fraction of sp³-hybridized carbons (Fsp3) is 0.393. The molecule has 184 valence electrons. The van der Waals surface area contributed by atoms with E-state index in [4.69, 9.17) is 20.2 Å². The van der Waals surface area contributed by atoms with Crippen molar-refractivity contribution in [1.82, 2.24) is 19.5 Å². The largest absolute Gasteiger partial charge is 0.383 e. The first-order valence-electron chi connectivity index (χ1n) is 12.4. The Balaban J connectivity index is 1.30. The molecule has 1 saturated heterocycles. The highest BCUT2D eigenvalue weighted by molar-refractivity contribution is 9.10. The van der Waals surface area contributed by atoms with Crippen LogP contribution >= 0.6 is 15.9 Å². The van der Waals surface area contributed by atoms with Gasteiger partial charge < -0.3 is 19.8 Å². The molecule has 7 nitrogen and oxygen atoms in total. The molecule has 2 N–H and O–H groups in total. The maximum atomic E-state index is 6.57. The average molecular weight is 546 g/mol. The van der Waals surface area contributed by atoms with Gasteiger partial charge in [0.15, 0.2) is 5.79 Å². The van der Waals surface area contributed by atoms with Crippen LogP contribution in [0.2, 0.25) is 0 Å². The van der Waals surface area contributed by atoms with E-state index in [1.54, 1.807) is 0 Å². The van der Waals surface area contributed by atoms with Gasteiger partial charge in [0.25, 0.3) is 0 Å². The van der Waals surface area contributed by atoms with Gasteiger partial charge in [-0.05, 0) is 85.3 Å². The zero-order valence-electron chi connectivity index (χ0n) is 20.7. The molecule has 0 radical (unpaired) electrons. The van der Waals surface area contributed by atoms with Crippen LogP contribution < -0.4 is 5.73 Å². The molecular weight excluding hydrogens is 518 g/mol. The molecule has 7 rings (SSSR count). The molecule has 0 amide bonds. The molecule has 3 aromatic heterocycles. The minimum Gasteiger partial charge on any atom is -0.383 e. The van der Waals surface area contributed by atoms with E-state index in [1.165, 1.54) is 17.5 Å². The van der Waals surface area contributed by atoms with Gasteiger partial charge in [0.1, 0.15) is 23.9 Å². The minimum atomic E-state index is -0.634. The fourth-order valence-electron chi connectivity index (χ4n) is 6.57. The number of rotatable bonds is 3. The molecule has 0 unspecified atom stereocenters. The number of hydrogen-bond acceptors (Lipinski definition) is 6. The topological polar surface area (TPSA) is 88.1 Å². The summed E-state index contributed by atoms with van der Waals surface area (Å²) in [6.45, 7) is 8.23. The second kappa shape index (κ2) is 7.37. The number of nitrogen functional groups attached to an aromatic ring is 1. The zero-order valence-corrected chi connectivity index (χ0v) is 22.3. The van der Waals surface area contributed by atoms with Gasteiger partial charge in [-0.1, -0.05) is 18.2 Å². The summed E-state index contributed by atoms with van der Waals surface area (Å²) in [7, 11) is 0. The van der Waals surface area contributed by atoms with E-state index in [0.717, 1.165) is 38.5 Å². The van der Waals surface area contributed by atoms with E-state index in [2.05, 4.69) is 73.9 Å². The first-order chi connectivity index (χ1) is 17.2. The Kier molecular flexibility index (Phi) is 4.58. The van der Waals surface area contributed by atoms with Crippen LogP contribution in [0, 0.1) is 18.3 Å². The van der Waals surface area contributed by atoms with Gasteiger partial charge in [-0.2, -0.15) is 0 Å². The molecule has 0 spiro atoms. The predicted molar refractivity (Wildman–Crippen MR) is 143 cm³/mol. The lowest BCUT2D eigenvalue weighted by Gasteiger charge is -2.24. The lowest BCUT2D eigenvalue weighted by atomic mass is 9.93. The number of fused-ring (bicyclic) bond motifs is 5. The Morgan fingerprint density at radius 1 is 1.19 bits per heavy atom. The molecule has 8 heteroatoms. The Labute approximate surface area is 217 Å². The molecule has 4 aromatic rings. The Hall–Kier alpha value is -2.81. The summed E-state index contributed by atoms with van der Waals surface area (Å²) in [5.74, 6) is 0.259.